The molecule has 0 saturated heterocycles. The van der Waals surface area contributed by atoms with Crippen LogP contribution in [-0.2, 0) is 0 Å². The van der Waals surface area contributed by atoms with E-state index in [0.29, 0.717) is 6.04 Å². The van der Waals surface area contributed by atoms with Crippen LogP contribution in [0.1, 0.15) is 42.5 Å². The van der Waals surface area contributed by atoms with Gasteiger partial charge in [0.05, 0.1) is 0 Å². The van der Waals surface area contributed by atoms with Crippen molar-refractivity contribution in [2.45, 2.75) is 39.7 Å². The van der Waals surface area contributed by atoms with Crippen LogP contribution in [0.4, 0.5) is 0 Å². The van der Waals surface area contributed by atoms with Gasteiger partial charge in [0, 0.05) is 12.5 Å². The molecule has 0 fully saturated rings. The third-order valence-corrected chi connectivity index (χ3v) is 2.85. The molecule has 1 N–H and O–H groups in total. The van der Waals surface area contributed by atoms with E-state index in [4.69, 9.17) is 6.42 Å². The molecule has 1 rings (SSSR count). The second kappa shape index (κ2) is 6.35. The Morgan fingerprint density at radius 1 is 1.38 bits per heavy atom. The van der Waals surface area contributed by atoms with E-state index in [0.717, 1.165) is 19.4 Å². The topological polar surface area (TPSA) is 12.0 Å². The molecule has 0 aliphatic rings. The molecule has 0 amide bonds. The van der Waals surface area contributed by atoms with Crippen molar-refractivity contribution in [2.75, 3.05) is 6.54 Å². The maximum absolute atomic E-state index is 5.22. The van der Waals surface area contributed by atoms with Crippen molar-refractivity contribution in [3.63, 3.8) is 0 Å². The van der Waals surface area contributed by atoms with Crippen molar-refractivity contribution >= 4 is 0 Å². The second-order valence-corrected chi connectivity index (χ2v) is 4.34. The first-order valence-corrected chi connectivity index (χ1v) is 5.89. The fraction of sp³-hybridized carbons (Fsp3) is 0.467. The molecule has 16 heavy (non-hydrogen) atoms. The van der Waals surface area contributed by atoms with Gasteiger partial charge in [0.1, 0.15) is 0 Å². The van der Waals surface area contributed by atoms with Crippen LogP contribution in [0.2, 0.25) is 0 Å². The zero-order chi connectivity index (χ0) is 12.0. The van der Waals surface area contributed by atoms with Gasteiger partial charge in [0.2, 0.25) is 0 Å². The SMILES string of the molecule is C#CCCCNC(C)c1cc(C)ccc1C. The molecular weight excluding hydrogens is 194 g/mol. The molecule has 0 aliphatic heterocycles. The summed E-state index contributed by atoms with van der Waals surface area (Å²) < 4.78 is 0. The minimum atomic E-state index is 0.401. The van der Waals surface area contributed by atoms with Crippen LogP contribution in [0.25, 0.3) is 0 Å². The normalized spacial score (nSPS) is 12.1. The van der Waals surface area contributed by atoms with Gasteiger partial charge in [-0.15, -0.1) is 12.3 Å². The highest BCUT2D eigenvalue weighted by Gasteiger charge is 2.07. The summed E-state index contributed by atoms with van der Waals surface area (Å²) in [6, 6.07) is 7.00. The van der Waals surface area contributed by atoms with E-state index in [1.807, 2.05) is 0 Å². The Hall–Kier alpha value is -1.26. The monoisotopic (exact) mass is 215 g/mol. The standard InChI is InChI=1S/C15H21N/c1-5-6-7-10-16-14(4)15-11-12(2)8-9-13(15)3/h1,8-9,11,14,16H,6-7,10H2,2-4H3. The van der Waals surface area contributed by atoms with Crippen LogP contribution in [0.15, 0.2) is 18.2 Å². The molecule has 0 radical (unpaired) electrons. The van der Waals surface area contributed by atoms with E-state index in [9.17, 15) is 0 Å². The number of rotatable bonds is 5. The molecule has 1 unspecified atom stereocenters. The second-order valence-electron chi connectivity index (χ2n) is 4.34. The minimum absolute atomic E-state index is 0.401. The Morgan fingerprint density at radius 3 is 2.81 bits per heavy atom. The van der Waals surface area contributed by atoms with Crippen LogP contribution >= 0.6 is 0 Å². The first-order chi connectivity index (χ1) is 7.65. The minimum Gasteiger partial charge on any atom is -0.310 e. The van der Waals surface area contributed by atoms with E-state index in [1.165, 1.54) is 16.7 Å². The van der Waals surface area contributed by atoms with Gasteiger partial charge < -0.3 is 5.32 Å². The first kappa shape index (κ1) is 12.8. The first-order valence-electron chi connectivity index (χ1n) is 5.89. The molecule has 1 aromatic carbocycles. The summed E-state index contributed by atoms with van der Waals surface area (Å²) in [6.45, 7) is 7.48. The van der Waals surface area contributed by atoms with Gasteiger partial charge in [-0.25, -0.2) is 0 Å². The lowest BCUT2D eigenvalue weighted by atomic mass is 10.00. The highest BCUT2D eigenvalue weighted by molar-refractivity contribution is 5.32. The van der Waals surface area contributed by atoms with Crippen molar-refractivity contribution in [1.82, 2.24) is 5.32 Å². The molecule has 0 spiro atoms. The number of aryl methyl sites for hydroxylation is 2. The molecule has 0 aliphatic carbocycles. The maximum atomic E-state index is 5.22. The van der Waals surface area contributed by atoms with Crippen LogP contribution in [0.5, 0.6) is 0 Å². The van der Waals surface area contributed by atoms with Gasteiger partial charge in [-0.05, 0) is 44.9 Å². The lowest BCUT2D eigenvalue weighted by Gasteiger charge is -2.17. The summed E-state index contributed by atoms with van der Waals surface area (Å²) >= 11 is 0. The van der Waals surface area contributed by atoms with Crippen molar-refractivity contribution in [1.29, 1.82) is 0 Å². The van der Waals surface area contributed by atoms with Crippen molar-refractivity contribution in [2.24, 2.45) is 0 Å². The van der Waals surface area contributed by atoms with Gasteiger partial charge in [-0.2, -0.15) is 0 Å². The number of hydrogen-bond acceptors (Lipinski definition) is 1. The molecule has 0 aromatic heterocycles. The third-order valence-electron chi connectivity index (χ3n) is 2.85. The molecule has 1 aromatic rings. The largest absolute Gasteiger partial charge is 0.310 e. The van der Waals surface area contributed by atoms with E-state index in [-0.39, 0.29) is 0 Å². The zero-order valence-corrected chi connectivity index (χ0v) is 10.5. The molecule has 0 saturated carbocycles. The molecule has 1 nitrogen and oxygen atoms in total. The molecule has 1 atom stereocenters. The predicted molar refractivity (Wildman–Crippen MR) is 70.4 cm³/mol. The zero-order valence-electron chi connectivity index (χ0n) is 10.5. The number of unbranched alkanes of at least 4 members (excludes halogenated alkanes) is 1. The van der Waals surface area contributed by atoms with Crippen molar-refractivity contribution in [3.05, 3.63) is 34.9 Å². The summed E-state index contributed by atoms with van der Waals surface area (Å²) in [7, 11) is 0. The van der Waals surface area contributed by atoms with E-state index in [1.54, 1.807) is 0 Å². The quantitative estimate of drug-likeness (QED) is 0.586. The highest BCUT2D eigenvalue weighted by atomic mass is 14.9. The number of nitrogens with one attached hydrogen (secondary N) is 1. The third kappa shape index (κ3) is 3.72. The smallest absolute Gasteiger partial charge is 0.0294 e. The lowest BCUT2D eigenvalue weighted by Crippen LogP contribution is -2.20. The van der Waals surface area contributed by atoms with Crippen molar-refractivity contribution in [3.8, 4) is 12.3 Å². The summed E-state index contributed by atoms with van der Waals surface area (Å²) in [5, 5.41) is 3.51. The molecule has 0 bridgehead atoms. The van der Waals surface area contributed by atoms with E-state index < -0.39 is 0 Å². The van der Waals surface area contributed by atoms with Gasteiger partial charge in [0.15, 0.2) is 0 Å². The van der Waals surface area contributed by atoms with Crippen LogP contribution < -0.4 is 5.32 Å². The average molecular weight is 215 g/mol. The Balaban J connectivity index is 2.55. The Morgan fingerprint density at radius 2 is 2.12 bits per heavy atom. The van der Waals surface area contributed by atoms with E-state index in [2.05, 4.69) is 50.2 Å². The van der Waals surface area contributed by atoms with Gasteiger partial charge in [-0.1, -0.05) is 23.8 Å². The molecule has 1 heteroatoms. The van der Waals surface area contributed by atoms with E-state index >= 15 is 0 Å². The van der Waals surface area contributed by atoms with Crippen LogP contribution in [-0.4, -0.2) is 6.54 Å². The molecule has 86 valence electrons. The summed E-state index contributed by atoms with van der Waals surface area (Å²) in [4.78, 5) is 0. The highest BCUT2D eigenvalue weighted by Crippen LogP contribution is 2.18. The van der Waals surface area contributed by atoms with Crippen LogP contribution in [0, 0.1) is 26.2 Å². The lowest BCUT2D eigenvalue weighted by molar-refractivity contribution is 0.560. The Labute approximate surface area is 99.3 Å². The van der Waals surface area contributed by atoms with Crippen LogP contribution in [0.3, 0.4) is 0 Å². The number of benzene rings is 1. The molecule has 0 heterocycles. The summed E-state index contributed by atoms with van der Waals surface area (Å²) in [6.07, 6.45) is 7.12. The van der Waals surface area contributed by atoms with Gasteiger partial charge >= 0.3 is 0 Å². The number of hydrogen-bond donors (Lipinski definition) is 1. The fourth-order valence-corrected chi connectivity index (χ4v) is 1.85. The fourth-order valence-electron chi connectivity index (χ4n) is 1.85. The maximum Gasteiger partial charge on any atom is 0.0294 e. The Bertz CT molecular complexity index is 374. The summed E-state index contributed by atoms with van der Waals surface area (Å²) in [5.74, 6) is 2.66. The summed E-state index contributed by atoms with van der Waals surface area (Å²) in [5.41, 5.74) is 4.06. The van der Waals surface area contributed by atoms with Gasteiger partial charge in [0.25, 0.3) is 0 Å². The predicted octanol–water partition coefficient (Wildman–Crippen LogP) is 3.37. The average Bonchev–Trinajstić information content (AvgIpc) is 2.27. The van der Waals surface area contributed by atoms with Gasteiger partial charge in [-0.3, -0.25) is 0 Å². The number of terminal acetylenes is 1. The molecular formula is C15H21N. The van der Waals surface area contributed by atoms with Crippen molar-refractivity contribution < 1.29 is 0 Å². The Kier molecular flexibility index (Phi) is 5.08.